The third-order valence-corrected chi connectivity index (χ3v) is 3.91. The van der Waals surface area contributed by atoms with E-state index in [0.29, 0.717) is 0 Å². The predicted octanol–water partition coefficient (Wildman–Crippen LogP) is 4.60. The van der Waals surface area contributed by atoms with Crippen molar-refractivity contribution in [3.05, 3.63) is 71.8 Å². The molecule has 0 spiro atoms. The highest BCUT2D eigenvalue weighted by Gasteiger charge is 1.94. The average Bonchev–Trinajstić information content (AvgIpc) is 2.61. The van der Waals surface area contributed by atoms with Gasteiger partial charge in [-0.1, -0.05) is 60.7 Å². The zero-order valence-electron chi connectivity index (χ0n) is 14.0. The standard InChI is InChI=1S/C21H29NO/c1-3-11-20(12-4-1)13-7-9-17-23-18-10-8-16-22-19-21-14-5-2-6-15-21/h1-6,11-12,14-15,22H,7-10,13,16-19H2. The fraction of sp³-hybridized carbons (Fsp3) is 0.429. The molecule has 0 amide bonds. The van der Waals surface area contributed by atoms with E-state index in [9.17, 15) is 0 Å². The van der Waals surface area contributed by atoms with E-state index >= 15 is 0 Å². The van der Waals surface area contributed by atoms with Crippen LogP contribution in [0.15, 0.2) is 60.7 Å². The molecular weight excluding hydrogens is 282 g/mol. The second-order valence-corrected chi connectivity index (χ2v) is 5.92. The van der Waals surface area contributed by atoms with E-state index in [-0.39, 0.29) is 0 Å². The van der Waals surface area contributed by atoms with Crippen molar-refractivity contribution >= 4 is 0 Å². The third-order valence-electron chi connectivity index (χ3n) is 3.91. The van der Waals surface area contributed by atoms with Gasteiger partial charge in [0, 0.05) is 19.8 Å². The maximum atomic E-state index is 5.71. The molecule has 0 aliphatic rings. The molecule has 0 fully saturated rings. The van der Waals surface area contributed by atoms with E-state index in [0.717, 1.165) is 45.6 Å². The fourth-order valence-corrected chi connectivity index (χ4v) is 2.56. The summed E-state index contributed by atoms with van der Waals surface area (Å²) in [6.45, 7) is 3.80. The van der Waals surface area contributed by atoms with E-state index < -0.39 is 0 Å². The van der Waals surface area contributed by atoms with Crippen LogP contribution in [0.25, 0.3) is 0 Å². The third kappa shape index (κ3) is 8.53. The minimum atomic E-state index is 0.887. The highest BCUT2D eigenvalue weighted by Crippen LogP contribution is 2.04. The first kappa shape index (κ1) is 17.7. The first-order valence-electron chi connectivity index (χ1n) is 8.81. The molecular formula is C21H29NO. The summed E-state index contributed by atoms with van der Waals surface area (Å²) < 4.78 is 5.71. The van der Waals surface area contributed by atoms with Crippen LogP contribution < -0.4 is 5.32 Å². The molecule has 2 rings (SSSR count). The first-order chi connectivity index (χ1) is 11.4. The second-order valence-electron chi connectivity index (χ2n) is 5.92. The summed E-state index contributed by atoms with van der Waals surface area (Å²) >= 11 is 0. The molecule has 2 heteroatoms. The lowest BCUT2D eigenvalue weighted by Crippen LogP contribution is -2.15. The Balaban J connectivity index is 1.34. The maximum absolute atomic E-state index is 5.71. The van der Waals surface area contributed by atoms with E-state index in [1.165, 1.54) is 24.0 Å². The molecule has 124 valence electrons. The van der Waals surface area contributed by atoms with Crippen LogP contribution in [0.3, 0.4) is 0 Å². The molecule has 0 radical (unpaired) electrons. The molecule has 2 aromatic carbocycles. The van der Waals surface area contributed by atoms with Gasteiger partial charge in [-0.05, 0) is 49.8 Å². The summed E-state index contributed by atoms with van der Waals surface area (Å²) in [5.41, 5.74) is 2.78. The Morgan fingerprint density at radius 3 is 1.96 bits per heavy atom. The Kier molecular flexibility index (Phi) is 9.14. The highest BCUT2D eigenvalue weighted by atomic mass is 16.5. The fourth-order valence-electron chi connectivity index (χ4n) is 2.56. The lowest BCUT2D eigenvalue weighted by atomic mass is 10.1. The number of ether oxygens (including phenoxy) is 1. The topological polar surface area (TPSA) is 21.3 Å². The zero-order valence-corrected chi connectivity index (χ0v) is 14.0. The molecule has 0 heterocycles. The van der Waals surface area contributed by atoms with Crippen LogP contribution >= 0.6 is 0 Å². The molecule has 1 N–H and O–H groups in total. The molecule has 23 heavy (non-hydrogen) atoms. The molecule has 0 saturated carbocycles. The molecule has 0 unspecified atom stereocenters. The summed E-state index contributed by atoms with van der Waals surface area (Å²) in [5.74, 6) is 0. The second kappa shape index (κ2) is 11.9. The first-order valence-corrected chi connectivity index (χ1v) is 8.81. The Labute approximate surface area is 140 Å². The minimum Gasteiger partial charge on any atom is -0.381 e. The Morgan fingerprint density at radius 2 is 1.26 bits per heavy atom. The van der Waals surface area contributed by atoms with E-state index in [2.05, 4.69) is 66.0 Å². The van der Waals surface area contributed by atoms with Crippen LogP contribution in [0.4, 0.5) is 0 Å². The van der Waals surface area contributed by atoms with Gasteiger partial charge in [-0.25, -0.2) is 0 Å². The minimum absolute atomic E-state index is 0.887. The molecule has 2 nitrogen and oxygen atoms in total. The quantitative estimate of drug-likeness (QED) is 0.579. The Morgan fingerprint density at radius 1 is 0.652 bits per heavy atom. The lowest BCUT2D eigenvalue weighted by molar-refractivity contribution is 0.126. The number of unbranched alkanes of at least 4 members (excludes halogenated alkanes) is 2. The Bertz CT molecular complexity index is 450. The predicted molar refractivity (Wildman–Crippen MR) is 97.6 cm³/mol. The number of hydrogen-bond acceptors (Lipinski definition) is 2. The summed E-state index contributed by atoms with van der Waals surface area (Å²) in [4.78, 5) is 0. The Hall–Kier alpha value is -1.64. The summed E-state index contributed by atoms with van der Waals surface area (Å²) in [6.07, 6.45) is 5.84. The zero-order chi connectivity index (χ0) is 16.0. The van der Waals surface area contributed by atoms with Crippen molar-refractivity contribution in [3.63, 3.8) is 0 Å². The van der Waals surface area contributed by atoms with E-state index in [1.54, 1.807) is 0 Å². The molecule has 0 aromatic heterocycles. The monoisotopic (exact) mass is 311 g/mol. The van der Waals surface area contributed by atoms with Gasteiger partial charge in [0.15, 0.2) is 0 Å². The van der Waals surface area contributed by atoms with Crippen LogP contribution in [-0.2, 0) is 17.7 Å². The molecule has 0 saturated heterocycles. The maximum Gasteiger partial charge on any atom is 0.0466 e. The lowest BCUT2D eigenvalue weighted by Gasteiger charge is -2.06. The van der Waals surface area contributed by atoms with Crippen molar-refractivity contribution in [2.75, 3.05) is 19.8 Å². The van der Waals surface area contributed by atoms with Crippen LogP contribution in [-0.4, -0.2) is 19.8 Å². The van der Waals surface area contributed by atoms with Crippen molar-refractivity contribution in [1.82, 2.24) is 5.32 Å². The smallest absolute Gasteiger partial charge is 0.0466 e. The molecule has 2 aromatic rings. The number of nitrogens with one attached hydrogen (secondary N) is 1. The van der Waals surface area contributed by atoms with Gasteiger partial charge in [0.2, 0.25) is 0 Å². The van der Waals surface area contributed by atoms with Gasteiger partial charge in [0.05, 0.1) is 0 Å². The number of hydrogen-bond donors (Lipinski definition) is 1. The van der Waals surface area contributed by atoms with Gasteiger partial charge < -0.3 is 10.1 Å². The highest BCUT2D eigenvalue weighted by molar-refractivity contribution is 5.15. The molecule has 0 aliphatic heterocycles. The molecule has 0 aliphatic carbocycles. The number of rotatable bonds is 12. The van der Waals surface area contributed by atoms with Crippen LogP contribution in [0, 0.1) is 0 Å². The van der Waals surface area contributed by atoms with Crippen molar-refractivity contribution in [2.24, 2.45) is 0 Å². The summed E-state index contributed by atoms with van der Waals surface area (Å²) in [6, 6.07) is 21.2. The van der Waals surface area contributed by atoms with Crippen molar-refractivity contribution in [2.45, 2.75) is 38.6 Å². The van der Waals surface area contributed by atoms with Gasteiger partial charge in [-0.3, -0.25) is 0 Å². The van der Waals surface area contributed by atoms with E-state index in [1.807, 2.05) is 0 Å². The molecule has 0 bridgehead atoms. The normalized spacial score (nSPS) is 10.8. The van der Waals surface area contributed by atoms with E-state index in [4.69, 9.17) is 4.74 Å². The number of aryl methyl sites for hydroxylation is 1. The largest absolute Gasteiger partial charge is 0.381 e. The van der Waals surface area contributed by atoms with Crippen LogP contribution in [0.1, 0.15) is 36.8 Å². The van der Waals surface area contributed by atoms with Crippen molar-refractivity contribution in [3.8, 4) is 0 Å². The number of benzene rings is 2. The van der Waals surface area contributed by atoms with Gasteiger partial charge in [-0.2, -0.15) is 0 Å². The summed E-state index contributed by atoms with van der Waals surface area (Å²) in [7, 11) is 0. The van der Waals surface area contributed by atoms with Crippen molar-refractivity contribution < 1.29 is 4.74 Å². The van der Waals surface area contributed by atoms with Crippen LogP contribution in [0.5, 0.6) is 0 Å². The van der Waals surface area contributed by atoms with Crippen molar-refractivity contribution in [1.29, 1.82) is 0 Å². The SMILES string of the molecule is c1ccc(CCCCOCCCCNCc2ccccc2)cc1. The van der Waals surface area contributed by atoms with Crippen LogP contribution in [0.2, 0.25) is 0 Å². The average molecular weight is 311 g/mol. The van der Waals surface area contributed by atoms with Gasteiger partial charge in [0.25, 0.3) is 0 Å². The van der Waals surface area contributed by atoms with Gasteiger partial charge >= 0.3 is 0 Å². The van der Waals surface area contributed by atoms with Gasteiger partial charge in [0.1, 0.15) is 0 Å². The summed E-state index contributed by atoms with van der Waals surface area (Å²) in [5, 5.41) is 3.48. The molecule has 0 atom stereocenters. The van der Waals surface area contributed by atoms with Gasteiger partial charge in [-0.15, -0.1) is 0 Å².